The highest BCUT2D eigenvalue weighted by Gasteiger charge is 2.25. The van der Waals surface area contributed by atoms with Gasteiger partial charge in [-0.2, -0.15) is 0 Å². The number of methoxy groups -OCH3 is 1. The first-order valence-corrected chi connectivity index (χ1v) is 7.20. The van der Waals surface area contributed by atoms with Crippen LogP contribution in [0.5, 0.6) is 5.75 Å². The molecule has 1 heterocycles. The molecule has 22 heavy (non-hydrogen) atoms. The van der Waals surface area contributed by atoms with Gasteiger partial charge in [-0.3, -0.25) is 10.1 Å². The van der Waals surface area contributed by atoms with Crippen molar-refractivity contribution in [2.24, 2.45) is 0 Å². The van der Waals surface area contributed by atoms with Crippen LogP contribution in [-0.4, -0.2) is 18.6 Å². The second-order valence-corrected chi connectivity index (χ2v) is 5.44. The number of nitrogens with zero attached hydrogens (tertiary/aromatic N) is 1. The molecule has 1 atom stereocenters. The van der Waals surface area contributed by atoms with Crippen molar-refractivity contribution < 1.29 is 14.4 Å². The zero-order valence-electron chi connectivity index (χ0n) is 11.9. The summed E-state index contributed by atoms with van der Waals surface area (Å²) in [6.07, 6.45) is 0.512. The lowest BCUT2D eigenvalue weighted by Crippen LogP contribution is -2.17. The van der Waals surface area contributed by atoms with Gasteiger partial charge in [0.15, 0.2) is 0 Å². The van der Waals surface area contributed by atoms with Gasteiger partial charge in [0.25, 0.3) is 5.69 Å². The Bertz CT molecular complexity index is 715. The summed E-state index contributed by atoms with van der Waals surface area (Å²) in [5, 5.41) is 11.3. The van der Waals surface area contributed by atoms with Crippen LogP contribution in [0.15, 0.2) is 36.4 Å². The highest BCUT2D eigenvalue weighted by atomic mass is 35.5. The molecule has 0 saturated heterocycles. The molecule has 0 amide bonds. The molecule has 0 spiro atoms. The molecular formula is C16H14ClNO4. The third-order valence-corrected chi connectivity index (χ3v) is 4.05. The van der Waals surface area contributed by atoms with Gasteiger partial charge in [0.2, 0.25) is 0 Å². The minimum Gasteiger partial charge on any atom is -0.495 e. The van der Waals surface area contributed by atoms with Crippen molar-refractivity contribution >= 4 is 17.3 Å². The van der Waals surface area contributed by atoms with Crippen LogP contribution >= 0.6 is 11.6 Å². The maximum absolute atomic E-state index is 10.8. The van der Waals surface area contributed by atoms with Gasteiger partial charge in [-0.1, -0.05) is 11.6 Å². The van der Waals surface area contributed by atoms with Crippen LogP contribution in [0.2, 0.25) is 5.02 Å². The van der Waals surface area contributed by atoms with E-state index in [0.717, 1.165) is 23.1 Å². The number of benzene rings is 2. The molecule has 2 aromatic carbocycles. The molecule has 3 rings (SSSR count). The molecule has 0 saturated carbocycles. The van der Waals surface area contributed by atoms with E-state index in [1.165, 1.54) is 12.1 Å². The van der Waals surface area contributed by atoms with Crippen LogP contribution in [0, 0.1) is 10.1 Å². The molecule has 0 bridgehead atoms. The lowest BCUT2D eigenvalue weighted by atomic mass is 9.92. The quantitative estimate of drug-likeness (QED) is 0.635. The molecule has 6 heteroatoms. The largest absolute Gasteiger partial charge is 0.495 e. The third-order valence-electron chi connectivity index (χ3n) is 3.76. The predicted molar refractivity (Wildman–Crippen MR) is 82.6 cm³/mol. The Morgan fingerprint density at radius 1 is 1.32 bits per heavy atom. The highest BCUT2D eigenvalue weighted by molar-refractivity contribution is 6.32. The lowest BCUT2D eigenvalue weighted by Gasteiger charge is -2.27. The average Bonchev–Trinajstić information content (AvgIpc) is 2.53. The number of hydrogen-bond acceptors (Lipinski definition) is 4. The molecule has 0 radical (unpaired) electrons. The van der Waals surface area contributed by atoms with Gasteiger partial charge in [0, 0.05) is 12.1 Å². The Morgan fingerprint density at radius 3 is 2.68 bits per heavy atom. The summed E-state index contributed by atoms with van der Waals surface area (Å²) in [6.45, 7) is 0.581. The van der Waals surface area contributed by atoms with Crippen LogP contribution in [0.4, 0.5) is 5.69 Å². The van der Waals surface area contributed by atoms with Gasteiger partial charge in [-0.05, 0) is 47.4 Å². The summed E-state index contributed by atoms with van der Waals surface area (Å²) < 4.78 is 11.1. The van der Waals surface area contributed by atoms with Crippen molar-refractivity contribution in [3.05, 3.63) is 68.2 Å². The van der Waals surface area contributed by atoms with Crippen LogP contribution < -0.4 is 4.74 Å². The van der Waals surface area contributed by atoms with E-state index in [-0.39, 0.29) is 11.8 Å². The number of non-ortho nitro benzene ring substituents is 1. The van der Waals surface area contributed by atoms with E-state index in [4.69, 9.17) is 21.1 Å². The maximum atomic E-state index is 10.8. The molecule has 0 fully saturated rings. The van der Waals surface area contributed by atoms with E-state index in [0.29, 0.717) is 17.4 Å². The van der Waals surface area contributed by atoms with Gasteiger partial charge in [0.05, 0.1) is 23.7 Å². The molecular weight excluding hydrogens is 306 g/mol. The number of hydrogen-bond donors (Lipinski definition) is 0. The fourth-order valence-electron chi connectivity index (χ4n) is 2.65. The van der Waals surface area contributed by atoms with Crippen LogP contribution in [0.25, 0.3) is 0 Å². The van der Waals surface area contributed by atoms with Crippen molar-refractivity contribution in [2.45, 2.75) is 12.5 Å². The van der Waals surface area contributed by atoms with Gasteiger partial charge in [-0.25, -0.2) is 0 Å². The number of halogens is 1. The van der Waals surface area contributed by atoms with E-state index in [1.54, 1.807) is 19.2 Å². The molecule has 0 aromatic heterocycles. The molecule has 0 aliphatic carbocycles. The zero-order chi connectivity index (χ0) is 15.7. The molecule has 5 nitrogen and oxygen atoms in total. The van der Waals surface area contributed by atoms with Crippen LogP contribution in [-0.2, 0) is 11.2 Å². The first-order valence-electron chi connectivity index (χ1n) is 6.82. The van der Waals surface area contributed by atoms with E-state index >= 15 is 0 Å². The maximum Gasteiger partial charge on any atom is 0.269 e. The Hall–Kier alpha value is -2.11. The first kappa shape index (κ1) is 14.8. The van der Waals surface area contributed by atoms with Crippen LogP contribution in [0.3, 0.4) is 0 Å². The van der Waals surface area contributed by atoms with Gasteiger partial charge in [0.1, 0.15) is 11.9 Å². The summed E-state index contributed by atoms with van der Waals surface area (Å²) in [4.78, 5) is 10.3. The second kappa shape index (κ2) is 5.94. The summed E-state index contributed by atoms with van der Waals surface area (Å²) >= 11 is 6.17. The Kier molecular flexibility index (Phi) is 4.00. The molecule has 114 valence electrons. The number of nitro benzene ring substituents is 1. The van der Waals surface area contributed by atoms with E-state index in [9.17, 15) is 10.1 Å². The fourth-order valence-corrected chi connectivity index (χ4v) is 2.91. The summed E-state index contributed by atoms with van der Waals surface area (Å²) in [6, 6.07) is 10.2. The SMILES string of the molecule is COc1cc2c(cc1Cl)CCOC2c1ccc([N+](=O)[O-])cc1. The van der Waals surface area contributed by atoms with E-state index in [1.807, 2.05) is 12.1 Å². The van der Waals surface area contributed by atoms with Crippen molar-refractivity contribution in [1.82, 2.24) is 0 Å². The van der Waals surface area contributed by atoms with Crippen LogP contribution in [0.1, 0.15) is 22.8 Å². The lowest BCUT2D eigenvalue weighted by molar-refractivity contribution is -0.384. The normalized spacial score (nSPS) is 16.9. The van der Waals surface area contributed by atoms with Crippen molar-refractivity contribution in [3.8, 4) is 5.75 Å². The topological polar surface area (TPSA) is 61.6 Å². The Morgan fingerprint density at radius 2 is 2.05 bits per heavy atom. The van der Waals surface area contributed by atoms with Crippen molar-refractivity contribution in [3.63, 3.8) is 0 Å². The summed E-state index contributed by atoms with van der Waals surface area (Å²) in [5.74, 6) is 0.595. The molecule has 0 N–H and O–H groups in total. The van der Waals surface area contributed by atoms with Gasteiger partial charge < -0.3 is 9.47 Å². The summed E-state index contributed by atoms with van der Waals surface area (Å²) in [5.41, 5.74) is 3.03. The standard InChI is InChI=1S/C16H14ClNO4/c1-21-15-9-13-11(8-14(15)17)6-7-22-16(13)10-2-4-12(5-3-10)18(19)20/h2-5,8-9,16H,6-7H2,1H3. The van der Waals surface area contributed by atoms with Crippen molar-refractivity contribution in [2.75, 3.05) is 13.7 Å². The minimum atomic E-state index is -0.414. The molecule has 1 unspecified atom stereocenters. The number of ether oxygens (including phenoxy) is 2. The number of rotatable bonds is 3. The van der Waals surface area contributed by atoms with Gasteiger partial charge >= 0.3 is 0 Å². The number of fused-ring (bicyclic) bond motifs is 1. The smallest absolute Gasteiger partial charge is 0.269 e. The van der Waals surface area contributed by atoms with Gasteiger partial charge in [-0.15, -0.1) is 0 Å². The molecule has 2 aromatic rings. The first-order chi connectivity index (χ1) is 10.6. The Labute approximate surface area is 132 Å². The fraction of sp³-hybridized carbons (Fsp3) is 0.250. The minimum absolute atomic E-state index is 0.0634. The zero-order valence-corrected chi connectivity index (χ0v) is 12.7. The predicted octanol–water partition coefficient (Wildman–Crippen LogP) is 3.92. The van der Waals surface area contributed by atoms with E-state index < -0.39 is 4.92 Å². The Balaban J connectivity index is 2.02. The second-order valence-electron chi connectivity index (χ2n) is 5.04. The number of nitro groups is 1. The molecule has 1 aliphatic heterocycles. The third kappa shape index (κ3) is 2.65. The average molecular weight is 320 g/mol. The summed E-state index contributed by atoms with van der Waals surface area (Å²) in [7, 11) is 1.57. The highest BCUT2D eigenvalue weighted by Crippen LogP contribution is 2.38. The monoisotopic (exact) mass is 319 g/mol. The molecule has 1 aliphatic rings. The van der Waals surface area contributed by atoms with Crippen molar-refractivity contribution in [1.29, 1.82) is 0 Å². The van der Waals surface area contributed by atoms with E-state index in [2.05, 4.69) is 0 Å².